The number of rotatable bonds is 8. The van der Waals surface area contributed by atoms with Crippen molar-refractivity contribution in [1.29, 1.82) is 0 Å². The van der Waals surface area contributed by atoms with Gasteiger partial charge in [0.1, 0.15) is 0 Å². The third-order valence-electron chi connectivity index (χ3n) is 5.48. The van der Waals surface area contributed by atoms with Gasteiger partial charge >= 0.3 is 6.09 Å². The van der Waals surface area contributed by atoms with Crippen molar-refractivity contribution in [3.63, 3.8) is 0 Å². The molecular formula is C20H39N3O2. The van der Waals surface area contributed by atoms with Crippen LogP contribution in [0.25, 0.3) is 0 Å². The van der Waals surface area contributed by atoms with Gasteiger partial charge < -0.3 is 9.64 Å². The van der Waals surface area contributed by atoms with Gasteiger partial charge in [-0.05, 0) is 31.7 Å². The summed E-state index contributed by atoms with van der Waals surface area (Å²) >= 11 is 0. The molecule has 1 aliphatic carbocycles. The average Bonchev–Trinajstić information content (AvgIpc) is 2.64. The van der Waals surface area contributed by atoms with E-state index in [1.165, 1.54) is 51.6 Å². The van der Waals surface area contributed by atoms with Gasteiger partial charge in [-0.25, -0.2) is 4.79 Å². The van der Waals surface area contributed by atoms with Crippen LogP contribution in [-0.4, -0.2) is 79.3 Å². The zero-order chi connectivity index (χ0) is 18.1. The Balaban J connectivity index is 1.68. The summed E-state index contributed by atoms with van der Waals surface area (Å²) < 4.78 is 5.35. The van der Waals surface area contributed by atoms with Crippen LogP contribution in [0.2, 0.25) is 0 Å². The second kappa shape index (κ2) is 11.0. The van der Waals surface area contributed by atoms with Crippen LogP contribution in [0.5, 0.6) is 0 Å². The quantitative estimate of drug-likeness (QED) is 0.670. The number of piperazine rings is 1. The van der Waals surface area contributed by atoms with Gasteiger partial charge in [0.05, 0.1) is 6.61 Å². The molecule has 2 rings (SSSR count). The number of amides is 1. The predicted octanol–water partition coefficient (Wildman–Crippen LogP) is 3.44. The average molecular weight is 354 g/mol. The van der Waals surface area contributed by atoms with Crippen molar-refractivity contribution in [2.45, 2.75) is 65.3 Å². The normalized spacial score (nSPS) is 20.4. The van der Waals surface area contributed by atoms with Crippen LogP contribution in [-0.2, 0) is 4.74 Å². The second-order valence-corrected chi connectivity index (χ2v) is 8.13. The molecule has 0 spiro atoms. The third kappa shape index (κ3) is 7.14. The summed E-state index contributed by atoms with van der Waals surface area (Å²) in [6.07, 6.45) is 8.11. The SMILES string of the molecule is CCCN(CCN1CCN(C(=O)OCC(C)C)CC1)C1CCCCC1. The first-order valence-corrected chi connectivity index (χ1v) is 10.5. The zero-order valence-electron chi connectivity index (χ0n) is 16.7. The van der Waals surface area contributed by atoms with E-state index in [2.05, 4.69) is 30.6 Å². The molecule has 5 nitrogen and oxygen atoms in total. The smallest absolute Gasteiger partial charge is 0.409 e. The number of carbonyl (C=O) groups excluding carboxylic acids is 1. The Morgan fingerprint density at radius 2 is 1.76 bits per heavy atom. The maximum atomic E-state index is 12.0. The van der Waals surface area contributed by atoms with E-state index < -0.39 is 0 Å². The van der Waals surface area contributed by atoms with Gasteiger partial charge in [-0.3, -0.25) is 9.80 Å². The number of carbonyl (C=O) groups is 1. The highest BCUT2D eigenvalue weighted by Crippen LogP contribution is 2.22. The molecule has 25 heavy (non-hydrogen) atoms. The molecule has 0 atom stereocenters. The van der Waals surface area contributed by atoms with Gasteiger partial charge in [0.15, 0.2) is 0 Å². The number of hydrogen-bond donors (Lipinski definition) is 0. The molecule has 1 heterocycles. The zero-order valence-corrected chi connectivity index (χ0v) is 16.7. The minimum absolute atomic E-state index is 0.136. The molecule has 1 aliphatic heterocycles. The van der Waals surface area contributed by atoms with E-state index in [-0.39, 0.29) is 6.09 Å². The van der Waals surface area contributed by atoms with E-state index in [9.17, 15) is 4.79 Å². The topological polar surface area (TPSA) is 36.0 Å². The largest absolute Gasteiger partial charge is 0.449 e. The highest BCUT2D eigenvalue weighted by molar-refractivity contribution is 5.67. The van der Waals surface area contributed by atoms with Crippen molar-refractivity contribution in [2.75, 3.05) is 52.4 Å². The van der Waals surface area contributed by atoms with Crippen LogP contribution in [0.4, 0.5) is 4.79 Å². The van der Waals surface area contributed by atoms with E-state index in [1.807, 2.05) is 4.90 Å². The van der Waals surface area contributed by atoms with Gasteiger partial charge in [-0.1, -0.05) is 40.0 Å². The highest BCUT2D eigenvalue weighted by atomic mass is 16.6. The maximum Gasteiger partial charge on any atom is 0.409 e. The Kier molecular flexibility index (Phi) is 9.04. The van der Waals surface area contributed by atoms with Crippen LogP contribution in [0.1, 0.15) is 59.3 Å². The first-order valence-electron chi connectivity index (χ1n) is 10.5. The van der Waals surface area contributed by atoms with Crippen molar-refractivity contribution in [1.82, 2.24) is 14.7 Å². The molecule has 0 aromatic rings. The molecule has 0 aromatic carbocycles. The summed E-state index contributed by atoms with van der Waals surface area (Å²) in [5.41, 5.74) is 0. The van der Waals surface area contributed by atoms with E-state index in [0.29, 0.717) is 12.5 Å². The predicted molar refractivity (Wildman–Crippen MR) is 103 cm³/mol. The molecule has 2 fully saturated rings. The molecule has 0 radical (unpaired) electrons. The minimum Gasteiger partial charge on any atom is -0.449 e. The molecule has 1 saturated carbocycles. The Bertz CT molecular complexity index is 375. The fraction of sp³-hybridized carbons (Fsp3) is 0.950. The molecule has 146 valence electrons. The Morgan fingerprint density at radius 3 is 2.36 bits per heavy atom. The lowest BCUT2D eigenvalue weighted by atomic mass is 9.94. The summed E-state index contributed by atoms with van der Waals surface area (Å²) in [5, 5.41) is 0. The maximum absolute atomic E-state index is 12.0. The Labute approximate surface area is 154 Å². The lowest BCUT2D eigenvalue weighted by Gasteiger charge is -2.38. The van der Waals surface area contributed by atoms with E-state index in [0.717, 1.165) is 38.8 Å². The van der Waals surface area contributed by atoms with Crippen LogP contribution in [0.3, 0.4) is 0 Å². The van der Waals surface area contributed by atoms with Gasteiger partial charge in [0.25, 0.3) is 0 Å². The molecular weight excluding hydrogens is 314 g/mol. The molecule has 0 aromatic heterocycles. The number of nitrogens with zero attached hydrogens (tertiary/aromatic N) is 3. The molecule has 1 amide bonds. The Morgan fingerprint density at radius 1 is 1.08 bits per heavy atom. The van der Waals surface area contributed by atoms with Crippen LogP contribution >= 0.6 is 0 Å². The van der Waals surface area contributed by atoms with Gasteiger partial charge in [-0.2, -0.15) is 0 Å². The van der Waals surface area contributed by atoms with Crippen molar-refractivity contribution >= 4 is 6.09 Å². The standard InChI is InChI=1S/C20H39N3O2/c1-4-10-22(19-8-6-5-7-9-19)14-11-21-12-15-23(16-13-21)20(24)25-17-18(2)3/h18-19H,4-17H2,1-3H3. The van der Waals surface area contributed by atoms with Crippen molar-refractivity contribution < 1.29 is 9.53 Å². The monoisotopic (exact) mass is 353 g/mol. The summed E-state index contributed by atoms with van der Waals surface area (Å²) in [6.45, 7) is 14.0. The first kappa shape index (κ1) is 20.5. The lowest BCUT2D eigenvalue weighted by Crippen LogP contribution is -2.51. The van der Waals surface area contributed by atoms with Crippen LogP contribution in [0.15, 0.2) is 0 Å². The summed E-state index contributed by atoms with van der Waals surface area (Å²) in [7, 11) is 0. The fourth-order valence-corrected chi connectivity index (χ4v) is 3.96. The van der Waals surface area contributed by atoms with E-state index >= 15 is 0 Å². The summed E-state index contributed by atoms with van der Waals surface area (Å²) in [6, 6.07) is 0.806. The summed E-state index contributed by atoms with van der Waals surface area (Å²) in [4.78, 5) is 19.1. The molecule has 5 heteroatoms. The molecule has 1 saturated heterocycles. The second-order valence-electron chi connectivity index (χ2n) is 8.13. The highest BCUT2D eigenvalue weighted by Gasteiger charge is 2.24. The van der Waals surface area contributed by atoms with Crippen molar-refractivity contribution in [3.05, 3.63) is 0 Å². The fourth-order valence-electron chi connectivity index (χ4n) is 3.96. The summed E-state index contributed by atoms with van der Waals surface area (Å²) in [5.74, 6) is 0.398. The van der Waals surface area contributed by atoms with Gasteiger partial charge in [0.2, 0.25) is 0 Å². The Hall–Kier alpha value is -0.810. The van der Waals surface area contributed by atoms with Gasteiger partial charge in [-0.15, -0.1) is 0 Å². The molecule has 0 unspecified atom stereocenters. The lowest BCUT2D eigenvalue weighted by molar-refractivity contribution is 0.0631. The minimum atomic E-state index is -0.136. The van der Waals surface area contributed by atoms with Crippen molar-refractivity contribution in [2.24, 2.45) is 5.92 Å². The molecule has 2 aliphatic rings. The number of hydrogen-bond acceptors (Lipinski definition) is 4. The van der Waals surface area contributed by atoms with Crippen molar-refractivity contribution in [3.8, 4) is 0 Å². The molecule has 0 N–H and O–H groups in total. The number of ether oxygens (including phenoxy) is 1. The molecule has 0 bridgehead atoms. The third-order valence-corrected chi connectivity index (χ3v) is 5.48. The van der Waals surface area contributed by atoms with E-state index in [4.69, 9.17) is 4.74 Å². The van der Waals surface area contributed by atoms with Crippen LogP contribution < -0.4 is 0 Å². The van der Waals surface area contributed by atoms with Gasteiger partial charge in [0, 0.05) is 45.3 Å². The van der Waals surface area contributed by atoms with Crippen LogP contribution in [0, 0.1) is 5.92 Å². The first-order chi connectivity index (χ1) is 12.1. The van der Waals surface area contributed by atoms with E-state index in [1.54, 1.807) is 0 Å².